The maximum absolute atomic E-state index is 6.17. The molecule has 3 rings (SSSR count). The zero-order valence-electron chi connectivity index (χ0n) is 14.2. The van der Waals surface area contributed by atoms with Crippen molar-refractivity contribution in [2.45, 2.75) is 52.7 Å². The van der Waals surface area contributed by atoms with E-state index in [1.165, 1.54) is 19.8 Å². The number of hydrogen-bond donors (Lipinski definition) is 0. The van der Waals surface area contributed by atoms with Crippen LogP contribution in [0.15, 0.2) is 18.2 Å². The Balaban J connectivity index is 2.11. The molecule has 1 fully saturated rings. The van der Waals surface area contributed by atoms with E-state index in [1.807, 2.05) is 11.3 Å². The molecule has 2 aromatic rings. The van der Waals surface area contributed by atoms with Crippen molar-refractivity contribution in [3.8, 4) is 0 Å². The van der Waals surface area contributed by atoms with Crippen LogP contribution < -0.4 is 15.2 Å². The molecule has 0 atom stereocenters. The Kier molecular flexibility index (Phi) is 3.75. The molecule has 0 aliphatic carbocycles. The highest BCUT2D eigenvalue weighted by Crippen LogP contribution is 2.36. The minimum absolute atomic E-state index is 0.298. The molecule has 116 valence electrons. The lowest BCUT2D eigenvalue weighted by molar-refractivity contribution is 0.00578. The summed E-state index contributed by atoms with van der Waals surface area (Å²) in [7, 11) is -0.298. The Morgan fingerprint density at radius 1 is 1.00 bits per heavy atom. The quantitative estimate of drug-likeness (QED) is 0.754. The van der Waals surface area contributed by atoms with Crippen molar-refractivity contribution in [3.63, 3.8) is 0 Å². The highest BCUT2D eigenvalue weighted by Gasteiger charge is 2.51. The number of benzene rings is 1. The smallest absolute Gasteiger partial charge is 0.399 e. The Morgan fingerprint density at radius 2 is 1.64 bits per heavy atom. The average Bonchev–Trinajstić information content (AvgIpc) is 2.92. The van der Waals surface area contributed by atoms with Gasteiger partial charge in [0, 0.05) is 9.23 Å². The molecule has 0 radical (unpaired) electrons. The van der Waals surface area contributed by atoms with Crippen molar-refractivity contribution in [2.75, 3.05) is 0 Å². The van der Waals surface area contributed by atoms with Crippen LogP contribution in [0.2, 0.25) is 0 Å². The third kappa shape index (κ3) is 2.34. The second kappa shape index (κ2) is 5.22. The number of rotatable bonds is 1. The Bertz CT molecular complexity index is 817. The number of hydrogen-bond acceptors (Lipinski definition) is 3. The lowest BCUT2D eigenvalue weighted by Gasteiger charge is -2.32. The van der Waals surface area contributed by atoms with Crippen LogP contribution in [0.25, 0.3) is 22.2 Å². The maximum atomic E-state index is 6.17. The summed E-state index contributed by atoms with van der Waals surface area (Å²) in [5, 5.41) is 2.59. The predicted molar refractivity (Wildman–Crippen MR) is 97.1 cm³/mol. The van der Waals surface area contributed by atoms with E-state index < -0.39 is 0 Å². The van der Waals surface area contributed by atoms with Crippen molar-refractivity contribution in [3.05, 3.63) is 28.0 Å². The number of thiophene rings is 1. The topological polar surface area (TPSA) is 18.5 Å². The highest BCUT2D eigenvalue weighted by atomic mass is 32.1. The molecule has 0 N–H and O–H groups in total. The van der Waals surface area contributed by atoms with Gasteiger partial charge in [0.15, 0.2) is 0 Å². The van der Waals surface area contributed by atoms with Gasteiger partial charge < -0.3 is 9.31 Å². The standard InChI is InChI=1S/C18H23BO2S/c1-7-13-14-11-12(9-10-16(14)22-15(13)8-2)19-20-17(3,4)18(5,6)21-19/h7-11H,1-6H3. The predicted octanol–water partition coefficient (Wildman–Crippen LogP) is 2.80. The second-order valence-corrected chi connectivity index (χ2v) is 7.88. The van der Waals surface area contributed by atoms with Crippen LogP contribution in [0.1, 0.15) is 41.5 Å². The van der Waals surface area contributed by atoms with Crippen molar-refractivity contribution in [1.29, 1.82) is 0 Å². The molecule has 1 aliphatic rings. The van der Waals surface area contributed by atoms with Crippen LogP contribution in [-0.2, 0) is 9.31 Å². The van der Waals surface area contributed by atoms with Gasteiger partial charge >= 0.3 is 7.12 Å². The molecule has 1 aromatic carbocycles. The van der Waals surface area contributed by atoms with E-state index in [1.54, 1.807) is 0 Å². The summed E-state index contributed by atoms with van der Waals surface area (Å²) in [5.41, 5.74) is 0.488. The van der Waals surface area contributed by atoms with E-state index in [-0.39, 0.29) is 18.3 Å². The van der Waals surface area contributed by atoms with Gasteiger partial charge in [0.2, 0.25) is 0 Å². The summed E-state index contributed by atoms with van der Waals surface area (Å²) in [6.07, 6.45) is 4.36. The molecule has 0 amide bonds. The lowest BCUT2D eigenvalue weighted by Crippen LogP contribution is -2.41. The minimum atomic E-state index is -0.302. The molecule has 0 saturated carbocycles. The van der Waals surface area contributed by atoms with Crippen molar-refractivity contribution < 1.29 is 9.31 Å². The van der Waals surface area contributed by atoms with E-state index in [4.69, 9.17) is 9.31 Å². The minimum Gasteiger partial charge on any atom is -0.399 e. The van der Waals surface area contributed by atoms with Crippen LogP contribution in [-0.4, -0.2) is 18.3 Å². The van der Waals surface area contributed by atoms with Gasteiger partial charge in [-0.3, -0.25) is 0 Å². The SMILES string of the molecule is CC=c1sc2ccc(B3OC(C)(C)C(C)(C)O3)cc2c1=CC. The summed E-state index contributed by atoms with van der Waals surface area (Å²) in [6.45, 7) is 12.5. The molecule has 1 aliphatic heterocycles. The van der Waals surface area contributed by atoms with E-state index in [9.17, 15) is 0 Å². The zero-order valence-corrected chi connectivity index (χ0v) is 15.0. The van der Waals surface area contributed by atoms with Crippen molar-refractivity contribution in [2.24, 2.45) is 0 Å². The summed E-state index contributed by atoms with van der Waals surface area (Å²) >= 11 is 1.83. The highest BCUT2D eigenvalue weighted by molar-refractivity contribution is 7.17. The van der Waals surface area contributed by atoms with Gasteiger partial charge in [0.25, 0.3) is 0 Å². The summed E-state index contributed by atoms with van der Waals surface area (Å²) < 4.78 is 15.0. The number of fused-ring (bicyclic) bond motifs is 1. The molecule has 1 saturated heterocycles. The molecule has 0 unspecified atom stereocenters. The van der Waals surface area contributed by atoms with Gasteiger partial charge in [0.1, 0.15) is 0 Å². The molecular weight excluding hydrogens is 291 g/mol. The van der Waals surface area contributed by atoms with Gasteiger partial charge in [0.05, 0.1) is 11.2 Å². The van der Waals surface area contributed by atoms with Gasteiger partial charge in [-0.15, -0.1) is 11.3 Å². The van der Waals surface area contributed by atoms with Gasteiger partial charge in [-0.25, -0.2) is 0 Å². The van der Waals surface area contributed by atoms with Crippen LogP contribution in [0.4, 0.5) is 0 Å². The maximum Gasteiger partial charge on any atom is 0.494 e. The molecule has 1 aromatic heterocycles. The van der Waals surface area contributed by atoms with Crippen LogP contribution in [0.5, 0.6) is 0 Å². The first-order chi connectivity index (χ1) is 10.3. The molecule has 0 bridgehead atoms. The van der Waals surface area contributed by atoms with Gasteiger partial charge in [-0.2, -0.15) is 0 Å². The Morgan fingerprint density at radius 3 is 2.18 bits per heavy atom. The lowest BCUT2D eigenvalue weighted by atomic mass is 9.78. The van der Waals surface area contributed by atoms with Gasteiger partial charge in [-0.05, 0) is 63.7 Å². The van der Waals surface area contributed by atoms with Crippen LogP contribution in [0, 0.1) is 0 Å². The third-order valence-electron chi connectivity index (χ3n) is 4.86. The van der Waals surface area contributed by atoms with Crippen molar-refractivity contribution in [1.82, 2.24) is 0 Å². The zero-order chi connectivity index (χ0) is 16.1. The van der Waals surface area contributed by atoms with Gasteiger partial charge in [-0.1, -0.05) is 24.3 Å². The van der Waals surface area contributed by atoms with Crippen molar-refractivity contribution >= 4 is 46.2 Å². The van der Waals surface area contributed by atoms with Crippen LogP contribution in [0.3, 0.4) is 0 Å². The monoisotopic (exact) mass is 314 g/mol. The first kappa shape index (κ1) is 15.8. The molecular formula is C18H23BO2S. The molecule has 4 heteroatoms. The molecule has 2 heterocycles. The largest absolute Gasteiger partial charge is 0.494 e. The second-order valence-electron chi connectivity index (χ2n) is 6.80. The third-order valence-corrected chi connectivity index (χ3v) is 6.11. The summed E-state index contributed by atoms with van der Waals surface area (Å²) in [6, 6.07) is 6.52. The average molecular weight is 314 g/mol. The molecule has 2 nitrogen and oxygen atoms in total. The normalized spacial score (nSPS) is 22.0. The Hall–Kier alpha value is -1.10. The summed E-state index contributed by atoms with van der Waals surface area (Å²) in [5.74, 6) is 0. The fourth-order valence-electron chi connectivity index (χ4n) is 2.79. The summed E-state index contributed by atoms with van der Waals surface area (Å²) in [4.78, 5) is 0. The molecule has 0 spiro atoms. The van der Waals surface area contributed by atoms with E-state index in [0.29, 0.717) is 0 Å². The fourth-order valence-corrected chi connectivity index (χ4v) is 3.90. The first-order valence-electron chi connectivity index (χ1n) is 7.80. The van der Waals surface area contributed by atoms with E-state index >= 15 is 0 Å². The Labute approximate surface area is 136 Å². The van der Waals surface area contributed by atoms with E-state index in [0.717, 1.165) is 5.46 Å². The molecule has 22 heavy (non-hydrogen) atoms. The van der Waals surface area contributed by atoms with E-state index in [2.05, 4.69) is 71.9 Å². The fraction of sp³-hybridized carbons (Fsp3) is 0.444. The first-order valence-corrected chi connectivity index (χ1v) is 8.61. The van der Waals surface area contributed by atoms with Crippen LogP contribution >= 0.6 is 11.3 Å².